The Morgan fingerprint density at radius 3 is 2.36 bits per heavy atom. The highest BCUT2D eigenvalue weighted by atomic mass is 16.5. The first-order chi connectivity index (χ1) is 10.5. The Labute approximate surface area is 127 Å². The molecule has 0 saturated heterocycles. The highest BCUT2D eigenvalue weighted by Crippen LogP contribution is 2.33. The zero-order valence-electron chi connectivity index (χ0n) is 12.5. The molecule has 6 nitrogen and oxygen atoms in total. The number of phenolic OH excluding ortho intramolecular Hbond substituents is 1. The van der Waals surface area contributed by atoms with Crippen LogP contribution in [0.15, 0.2) is 28.8 Å². The number of phenols is 1. The van der Waals surface area contributed by atoms with Crippen LogP contribution in [0.3, 0.4) is 0 Å². The van der Waals surface area contributed by atoms with Crippen molar-refractivity contribution in [2.45, 2.75) is 20.8 Å². The lowest BCUT2D eigenvalue weighted by Crippen LogP contribution is -2.00. The fraction of sp³-hybridized carbons (Fsp3) is 0.188. The summed E-state index contributed by atoms with van der Waals surface area (Å²) in [4.78, 5) is 0. The summed E-state index contributed by atoms with van der Waals surface area (Å²) in [6.45, 7) is 5.42. The first-order valence-corrected chi connectivity index (χ1v) is 6.75. The van der Waals surface area contributed by atoms with E-state index < -0.39 is 0 Å². The molecule has 0 saturated carbocycles. The quantitative estimate of drug-likeness (QED) is 0.784. The lowest BCUT2D eigenvalue weighted by atomic mass is 10.1. The maximum absolute atomic E-state index is 9.49. The van der Waals surface area contributed by atoms with Crippen molar-refractivity contribution in [2.24, 2.45) is 0 Å². The van der Waals surface area contributed by atoms with E-state index in [1.807, 2.05) is 6.92 Å². The minimum absolute atomic E-state index is 0.173. The van der Waals surface area contributed by atoms with Gasteiger partial charge in [-0.3, -0.25) is 0 Å². The highest BCUT2D eigenvalue weighted by Gasteiger charge is 2.23. The molecule has 2 aromatic heterocycles. The second-order valence-electron chi connectivity index (χ2n) is 5.05. The molecule has 0 spiro atoms. The van der Waals surface area contributed by atoms with E-state index in [4.69, 9.17) is 4.52 Å². The Hall–Kier alpha value is -3.07. The van der Waals surface area contributed by atoms with Crippen LogP contribution in [0.4, 0.5) is 0 Å². The molecule has 3 rings (SSSR count). The van der Waals surface area contributed by atoms with Gasteiger partial charge in [-0.2, -0.15) is 10.4 Å². The fourth-order valence-electron chi connectivity index (χ4n) is 2.49. The Morgan fingerprint density at radius 1 is 1.14 bits per heavy atom. The smallest absolute Gasteiger partial charge is 0.143 e. The van der Waals surface area contributed by atoms with Crippen molar-refractivity contribution in [1.29, 1.82) is 5.26 Å². The monoisotopic (exact) mass is 294 g/mol. The van der Waals surface area contributed by atoms with Crippen LogP contribution in [-0.2, 0) is 0 Å². The van der Waals surface area contributed by atoms with Gasteiger partial charge in [-0.15, -0.1) is 0 Å². The summed E-state index contributed by atoms with van der Waals surface area (Å²) in [5.41, 5.74) is 3.99. The Balaban J connectivity index is 2.33. The molecule has 1 aromatic carbocycles. The lowest BCUT2D eigenvalue weighted by molar-refractivity contribution is 0.393. The van der Waals surface area contributed by atoms with Crippen molar-refractivity contribution in [3.8, 4) is 28.8 Å². The molecule has 0 atom stereocenters. The molecular formula is C16H14N4O2. The van der Waals surface area contributed by atoms with Crippen molar-refractivity contribution in [2.75, 3.05) is 0 Å². The van der Waals surface area contributed by atoms with Gasteiger partial charge >= 0.3 is 0 Å². The number of aryl methyl sites for hydroxylation is 3. The topological polar surface area (TPSA) is 87.9 Å². The van der Waals surface area contributed by atoms with Crippen LogP contribution >= 0.6 is 0 Å². The van der Waals surface area contributed by atoms with Gasteiger partial charge < -0.3 is 9.63 Å². The van der Waals surface area contributed by atoms with E-state index in [-0.39, 0.29) is 5.75 Å². The average molecular weight is 294 g/mol. The average Bonchev–Trinajstić information content (AvgIpc) is 2.99. The number of benzene rings is 1. The number of hydrogen-bond acceptors (Lipinski definition) is 5. The summed E-state index contributed by atoms with van der Waals surface area (Å²) in [6.07, 6.45) is 0. The molecule has 3 aromatic rings. The van der Waals surface area contributed by atoms with Gasteiger partial charge in [0.25, 0.3) is 0 Å². The molecular weight excluding hydrogens is 280 g/mol. The van der Waals surface area contributed by atoms with E-state index in [0.717, 1.165) is 11.3 Å². The third-order valence-corrected chi connectivity index (χ3v) is 3.54. The van der Waals surface area contributed by atoms with Crippen LogP contribution in [0.2, 0.25) is 0 Å². The molecule has 2 heterocycles. The van der Waals surface area contributed by atoms with Crippen LogP contribution in [0.25, 0.3) is 16.9 Å². The predicted molar refractivity (Wildman–Crippen MR) is 79.7 cm³/mol. The van der Waals surface area contributed by atoms with Crippen molar-refractivity contribution in [3.63, 3.8) is 0 Å². The van der Waals surface area contributed by atoms with Crippen LogP contribution in [0.5, 0.6) is 5.75 Å². The summed E-state index contributed by atoms with van der Waals surface area (Å²) in [5, 5.41) is 27.4. The third kappa shape index (κ3) is 2.04. The number of rotatable bonds is 2. The standard InChI is InChI=1S/C16H14N4O2/c1-9-14(8-17)16(15-10(2)19-22-11(15)3)20(18-9)12-4-6-13(21)7-5-12/h4-7,21H,1-3H3. The Kier molecular flexibility index (Phi) is 3.18. The van der Waals surface area contributed by atoms with E-state index >= 15 is 0 Å². The molecule has 0 radical (unpaired) electrons. The zero-order valence-corrected chi connectivity index (χ0v) is 12.5. The van der Waals surface area contributed by atoms with Crippen molar-refractivity contribution in [3.05, 3.63) is 47.0 Å². The van der Waals surface area contributed by atoms with Gasteiger partial charge in [0.1, 0.15) is 23.1 Å². The molecule has 0 aliphatic carbocycles. The molecule has 0 unspecified atom stereocenters. The first-order valence-electron chi connectivity index (χ1n) is 6.75. The number of nitriles is 1. The molecule has 22 heavy (non-hydrogen) atoms. The van der Waals surface area contributed by atoms with Gasteiger partial charge in [-0.05, 0) is 45.0 Å². The van der Waals surface area contributed by atoms with Crippen molar-refractivity contribution < 1.29 is 9.63 Å². The lowest BCUT2D eigenvalue weighted by Gasteiger charge is -2.08. The second-order valence-corrected chi connectivity index (χ2v) is 5.05. The Bertz CT molecular complexity index is 863. The maximum atomic E-state index is 9.49. The SMILES string of the molecule is Cc1nn(-c2ccc(O)cc2)c(-c2c(C)noc2C)c1C#N. The van der Waals surface area contributed by atoms with E-state index in [0.29, 0.717) is 28.4 Å². The highest BCUT2D eigenvalue weighted by molar-refractivity contribution is 5.73. The molecule has 110 valence electrons. The number of hydrogen-bond donors (Lipinski definition) is 1. The summed E-state index contributed by atoms with van der Waals surface area (Å²) in [6, 6.07) is 8.85. The molecule has 0 aliphatic rings. The van der Waals surface area contributed by atoms with Crippen LogP contribution in [0, 0.1) is 32.1 Å². The molecule has 0 amide bonds. The summed E-state index contributed by atoms with van der Waals surface area (Å²) >= 11 is 0. The van der Waals surface area contributed by atoms with Crippen LogP contribution in [-0.4, -0.2) is 20.0 Å². The Morgan fingerprint density at radius 2 is 1.82 bits per heavy atom. The summed E-state index contributed by atoms with van der Waals surface area (Å²) < 4.78 is 6.91. The molecule has 0 bridgehead atoms. The normalized spacial score (nSPS) is 10.6. The van der Waals surface area contributed by atoms with Crippen LogP contribution in [0.1, 0.15) is 22.7 Å². The molecule has 0 fully saturated rings. The first kappa shape index (κ1) is 13.9. The van der Waals surface area contributed by atoms with Gasteiger partial charge in [0, 0.05) is 0 Å². The van der Waals surface area contributed by atoms with Crippen molar-refractivity contribution >= 4 is 0 Å². The van der Waals surface area contributed by atoms with Gasteiger partial charge in [-0.1, -0.05) is 5.16 Å². The number of aromatic hydroxyl groups is 1. The number of aromatic nitrogens is 3. The van der Waals surface area contributed by atoms with Crippen LogP contribution < -0.4 is 0 Å². The summed E-state index contributed by atoms with van der Waals surface area (Å²) in [5.74, 6) is 0.806. The van der Waals surface area contributed by atoms with Gasteiger partial charge in [0.2, 0.25) is 0 Å². The van der Waals surface area contributed by atoms with Gasteiger partial charge in [-0.25, -0.2) is 4.68 Å². The largest absolute Gasteiger partial charge is 0.508 e. The van der Waals surface area contributed by atoms with E-state index in [9.17, 15) is 10.4 Å². The number of nitrogens with zero attached hydrogens (tertiary/aromatic N) is 4. The van der Waals surface area contributed by atoms with Crippen molar-refractivity contribution in [1.82, 2.24) is 14.9 Å². The van der Waals surface area contributed by atoms with E-state index in [1.165, 1.54) is 0 Å². The summed E-state index contributed by atoms with van der Waals surface area (Å²) in [7, 11) is 0. The minimum Gasteiger partial charge on any atom is -0.508 e. The van der Waals surface area contributed by atoms with E-state index in [2.05, 4.69) is 16.3 Å². The molecule has 0 aliphatic heterocycles. The predicted octanol–water partition coefficient (Wildman–Crippen LogP) is 3.03. The van der Waals surface area contributed by atoms with E-state index in [1.54, 1.807) is 42.8 Å². The minimum atomic E-state index is 0.173. The zero-order chi connectivity index (χ0) is 15.9. The van der Waals surface area contributed by atoms with Gasteiger partial charge in [0.15, 0.2) is 0 Å². The van der Waals surface area contributed by atoms with Gasteiger partial charge in [0.05, 0.1) is 28.3 Å². The second kappa shape index (κ2) is 5.04. The molecule has 1 N–H and O–H groups in total. The fourth-order valence-corrected chi connectivity index (χ4v) is 2.49. The molecule has 6 heteroatoms. The third-order valence-electron chi connectivity index (χ3n) is 3.54. The maximum Gasteiger partial charge on any atom is 0.143 e.